The van der Waals surface area contributed by atoms with Crippen molar-refractivity contribution in [1.29, 1.82) is 0 Å². The number of carbonyl (C=O) groups is 1. The van der Waals surface area contributed by atoms with Gasteiger partial charge in [-0.3, -0.25) is 0 Å². The molecule has 5 nitrogen and oxygen atoms in total. The second-order valence-corrected chi connectivity index (χ2v) is 4.34. The summed E-state index contributed by atoms with van der Waals surface area (Å²) in [7, 11) is 1.89. The molecule has 0 bridgehead atoms. The summed E-state index contributed by atoms with van der Waals surface area (Å²) in [5.74, 6) is -1.28. The van der Waals surface area contributed by atoms with Gasteiger partial charge in [-0.15, -0.1) is 0 Å². The van der Waals surface area contributed by atoms with Crippen LogP contribution in [0.25, 0.3) is 17.0 Å². The highest BCUT2D eigenvalue weighted by Crippen LogP contribution is 2.17. The summed E-state index contributed by atoms with van der Waals surface area (Å²) in [6, 6.07) is 6.62. The predicted octanol–water partition coefficient (Wildman–Crippen LogP) is 2.11. The number of benzene rings is 1. The summed E-state index contributed by atoms with van der Waals surface area (Å²) >= 11 is 0. The van der Waals surface area contributed by atoms with E-state index in [0.29, 0.717) is 11.0 Å². The first-order chi connectivity index (χ1) is 9.61. The molecule has 2 N–H and O–H groups in total. The SMILES string of the molecule is CNCCC=Cc1ccc2oc(=O)c(C(=O)O)cc2c1. The Labute approximate surface area is 115 Å². The molecular formula is C15H15NO4. The lowest BCUT2D eigenvalue weighted by Crippen LogP contribution is -2.12. The van der Waals surface area contributed by atoms with Gasteiger partial charge in [-0.25, -0.2) is 9.59 Å². The standard InChI is InChI=1S/C15H15NO4/c1-16-7-3-2-4-10-5-6-13-11(8-10)9-12(14(17)18)15(19)20-13/h2,4-6,8-9,16H,3,7H2,1H3,(H,17,18). The minimum atomic E-state index is -1.28. The number of hydrogen-bond acceptors (Lipinski definition) is 4. The van der Waals surface area contributed by atoms with Crippen molar-refractivity contribution in [3.05, 3.63) is 51.9 Å². The van der Waals surface area contributed by atoms with Gasteiger partial charge in [0.25, 0.3) is 0 Å². The third kappa shape index (κ3) is 3.13. The summed E-state index contributed by atoms with van der Waals surface area (Å²) in [4.78, 5) is 22.3. The van der Waals surface area contributed by atoms with Crippen LogP contribution in [-0.4, -0.2) is 24.7 Å². The van der Waals surface area contributed by atoms with Gasteiger partial charge in [0.05, 0.1) is 0 Å². The van der Waals surface area contributed by atoms with Crippen molar-refractivity contribution in [2.45, 2.75) is 6.42 Å². The van der Waals surface area contributed by atoms with Crippen molar-refractivity contribution in [3.63, 3.8) is 0 Å². The molecule has 0 amide bonds. The summed E-state index contributed by atoms with van der Waals surface area (Å²) < 4.78 is 4.98. The van der Waals surface area contributed by atoms with Crippen LogP contribution in [0.3, 0.4) is 0 Å². The predicted molar refractivity (Wildman–Crippen MR) is 77.0 cm³/mol. The largest absolute Gasteiger partial charge is 0.477 e. The first-order valence-electron chi connectivity index (χ1n) is 6.24. The van der Waals surface area contributed by atoms with Crippen LogP contribution in [0.4, 0.5) is 0 Å². The third-order valence-electron chi connectivity index (χ3n) is 2.86. The molecule has 0 fully saturated rings. The first kappa shape index (κ1) is 14.0. The molecule has 0 aliphatic rings. The Morgan fingerprint density at radius 3 is 2.90 bits per heavy atom. The maximum Gasteiger partial charge on any atom is 0.351 e. The Bertz CT molecular complexity index is 715. The quantitative estimate of drug-likeness (QED) is 0.644. The fourth-order valence-electron chi connectivity index (χ4n) is 1.84. The molecule has 20 heavy (non-hydrogen) atoms. The van der Waals surface area contributed by atoms with E-state index in [4.69, 9.17) is 9.52 Å². The molecule has 2 rings (SSSR count). The fraction of sp³-hybridized carbons (Fsp3) is 0.200. The second kappa shape index (κ2) is 6.16. The molecule has 1 aromatic carbocycles. The molecule has 0 unspecified atom stereocenters. The van der Waals surface area contributed by atoms with Gasteiger partial charge in [-0.05, 0) is 43.8 Å². The second-order valence-electron chi connectivity index (χ2n) is 4.34. The van der Waals surface area contributed by atoms with E-state index in [0.717, 1.165) is 18.5 Å². The smallest absolute Gasteiger partial charge is 0.351 e. The molecule has 0 saturated carbocycles. The highest BCUT2D eigenvalue weighted by atomic mass is 16.4. The lowest BCUT2D eigenvalue weighted by Gasteiger charge is -2.00. The van der Waals surface area contributed by atoms with E-state index in [9.17, 15) is 9.59 Å². The van der Waals surface area contributed by atoms with E-state index < -0.39 is 11.6 Å². The van der Waals surface area contributed by atoms with Crippen molar-refractivity contribution < 1.29 is 14.3 Å². The van der Waals surface area contributed by atoms with E-state index in [2.05, 4.69) is 5.32 Å². The van der Waals surface area contributed by atoms with E-state index in [1.807, 2.05) is 25.3 Å². The molecule has 0 saturated heterocycles. The van der Waals surface area contributed by atoms with Crippen molar-refractivity contribution >= 4 is 23.0 Å². The molecule has 1 heterocycles. The number of carboxylic acids is 1. The molecular weight excluding hydrogens is 258 g/mol. The minimum absolute atomic E-state index is 0.353. The average Bonchev–Trinajstić information content (AvgIpc) is 2.42. The Morgan fingerprint density at radius 1 is 1.40 bits per heavy atom. The summed E-state index contributed by atoms with van der Waals surface area (Å²) in [5.41, 5.74) is 0.127. The van der Waals surface area contributed by atoms with E-state index >= 15 is 0 Å². The zero-order valence-corrected chi connectivity index (χ0v) is 11.1. The van der Waals surface area contributed by atoms with Gasteiger partial charge in [0, 0.05) is 5.39 Å². The van der Waals surface area contributed by atoms with Crippen LogP contribution in [0.5, 0.6) is 0 Å². The number of rotatable bonds is 5. The number of hydrogen-bond donors (Lipinski definition) is 2. The molecule has 0 aliphatic carbocycles. The number of aromatic carboxylic acids is 1. The summed E-state index contributed by atoms with van der Waals surface area (Å²) in [6.07, 6.45) is 4.87. The van der Waals surface area contributed by atoms with E-state index in [-0.39, 0.29) is 5.56 Å². The molecule has 5 heteroatoms. The van der Waals surface area contributed by atoms with Gasteiger partial charge in [-0.1, -0.05) is 18.2 Å². The Hall–Kier alpha value is -2.40. The third-order valence-corrected chi connectivity index (χ3v) is 2.86. The Kier molecular flexibility index (Phi) is 4.32. The van der Waals surface area contributed by atoms with Crippen LogP contribution in [0.2, 0.25) is 0 Å². The van der Waals surface area contributed by atoms with Gasteiger partial charge < -0.3 is 14.8 Å². The normalized spacial score (nSPS) is 11.2. The van der Waals surface area contributed by atoms with Crippen LogP contribution < -0.4 is 10.9 Å². The van der Waals surface area contributed by atoms with Gasteiger partial charge in [0.2, 0.25) is 0 Å². The number of carboxylic acid groups (broad SMARTS) is 1. The van der Waals surface area contributed by atoms with Gasteiger partial charge in [-0.2, -0.15) is 0 Å². The van der Waals surface area contributed by atoms with Crippen LogP contribution in [0.1, 0.15) is 22.3 Å². The van der Waals surface area contributed by atoms with E-state index in [1.54, 1.807) is 12.1 Å². The maximum atomic E-state index is 11.4. The molecule has 0 atom stereocenters. The zero-order chi connectivity index (χ0) is 14.5. The fourth-order valence-corrected chi connectivity index (χ4v) is 1.84. The lowest BCUT2D eigenvalue weighted by molar-refractivity contribution is 0.0692. The molecule has 0 aliphatic heterocycles. The monoisotopic (exact) mass is 273 g/mol. The highest BCUT2D eigenvalue weighted by Gasteiger charge is 2.11. The summed E-state index contributed by atoms with van der Waals surface area (Å²) in [5, 5.41) is 12.6. The zero-order valence-electron chi connectivity index (χ0n) is 11.1. The van der Waals surface area contributed by atoms with Crippen molar-refractivity contribution in [2.75, 3.05) is 13.6 Å². The van der Waals surface area contributed by atoms with Crippen LogP contribution in [0, 0.1) is 0 Å². The lowest BCUT2D eigenvalue weighted by atomic mass is 10.1. The van der Waals surface area contributed by atoms with Crippen molar-refractivity contribution in [1.82, 2.24) is 5.32 Å². The van der Waals surface area contributed by atoms with Gasteiger partial charge >= 0.3 is 11.6 Å². The van der Waals surface area contributed by atoms with Gasteiger partial charge in [0.15, 0.2) is 0 Å². The van der Waals surface area contributed by atoms with Crippen molar-refractivity contribution in [2.24, 2.45) is 0 Å². The average molecular weight is 273 g/mol. The van der Waals surface area contributed by atoms with Crippen LogP contribution in [-0.2, 0) is 0 Å². The number of nitrogens with one attached hydrogen (secondary N) is 1. The van der Waals surface area contributed by atoms with E-state index in [1.165, 1.54) is 6.07 Å². The van der Waals surface area contributed by atoms with Crippen molar-refractivity contribution in [3.8, 4) is 0 Å². The topological polar surface area (TPSA) is 79.5 Å². The Balaban J connectivity index is 2.37. The number of fused-ring (bicyclic) bond motifs is 1. The summed E-state index contributed by atoms with van der Waals surface area (Å²) in [6.45, 7) is 0.891. The van der Waals surface area contributed by atoms with Gasteiger partial charge in [0.1, 0.15) is 11.1 Å². The maximum absolute atomic E-state index is 11.4. The molecule has 0 spiro atoms. The van der Waals surface area contributed by atoms with Crippen LogP contribution >= 0.6 is 0 Å². The molecule has 104 valence electrons. The molecule has 1 aromatic heterocycles. The highest BCUT2D eigenvalue weighted by molar-refractivity contribution is 5.92. The minimum Gasteiger partial charge on any atom is -0.477 e. The van der Waals surface area contributed by atoms with Crippen LogP contribution in [0.15, 0.2) is 39.6 Å². The molecule has 0 radical (unpaired) electrons. The Morgan fingerprint density at radius 2 is 2.20 bits per heavy atom. The molecule has 2 aromatic rings. The first-order valence-corrected chi connectivity index (χ1v) is 6.24.